The van der Waals surface area contributed by atoms with Gasteiger partial charge in [0.1, 0.15) is 5.76 Å². The van der Waals surface area contributed by atoms with Crippen molar-refractivity contribution in [2.45, 2.75) is 45.6 Å². The third kappa shape index (κ3) is 3.25. The molecule has 1 aliphatic rings. The van der Waals surface area contributed by atoms with Crippen LogP contribution in [-0.2, 0) is 11.2 Å². The summed E-state index contributed by atoms with van der Waals surface area (Å²) >= 11 is 5.74. The van der Waals surface area contributed by atoms with Gasteiger partial charge in [-0.2, -0.15) is 0 Å². The summed E-state index contributed by atoms with van der Waals surface area (Å²) in [6, 6.07) is 3.40. The van der Waals surface area contributed by atoms with Crippen molar-refractivity contribution in [1.82, 2.24) is 24.7 Å². The molecule has 27 heavy (non-hydrogen) atoms. The van der Waals surface area contributed by atoms with Crippen LogP contribution in [0.25, 0.3) is 5.65 Å². The van der Waals surface area contributed by atoms with E-state index in [1.165, 1.54) is 4.52 Å². The lowest BCUT2D eigenvalue weighted by atomic mass is 10.1. The Kier molecular flexibility index (Phi) is 4.51. The Labute approximate surface area is 160 Å². The van der Waals surface area contributed by atoms with Crippen LogP contribution in [0.5, 0.6) is 0 Å². The number of carbonyl (C=O) groups excluding carboxylic acids is 1. The summed E-state index contributed by atoms with van der Waals surface area (Å²) < 4.78 is 6.51. The number of likely N-dealkylation sites (tertiary alicyclic amines) is 1. The topological polar surface area (TPSA) is 96.5 Å². The highest BCUT2D eigenvalue weighted by atomic mass is 35.5. The second-order valence-electron chi connectivity index (χ2n) is 6.89. The van der Waals surface area contributed by atoms with Crippen LogP contribution < -0.4 is 5.56 Å². The Balaban J connectivity index is 1.55. The van der Waals surface area contributed by atoms with Crippen LogP contribution in [0.4, 0.5) is 0 Å². The number of hydrogen-bond acceptors (Lipinski definition) is 5. The van der Waals surface area contributed by atoms with Crippen LogP contribution in [0, 0.1) is 13.8 Å². The van der Waals surface area contributed by atoms with E-state index in [1.807, 2.05) is 17.9 Å². The summed E-state index contributed by atoms with van der Waals surface area (Å²) in [6.45, 7) is 4.28. The summed E-state index contributed by atoms with van der Waals surface area (Å²) in [5.74, 6) is 0.632. The number of aromatic nitrogens is 4. The predicted molar refractivity (Wildman–Crippen MR) is 98.8 cm³/mol. The number of fused-ring (bicyclic) bond motifs is 1. The lowest BCUT2D eigenvalue weighted by molar-refractivity contribution is -0.132. The maximum atomic E-state index is 12.7. The molecule has 0 saturated carbocycles. The van der Waals surface area contributed by atoms with Crippen molar-refractivity contribution in [2.75, 3.05) is 6.54 Å². The first-order valence-corrected chi connectivity index (χ1v) is 9.31. The average Bonchev–Trinajstić information content (AvgIpc) is 3.36. The third-order valence-electron chi connectivity index (χ3n) is 5.15. The highest BCUT2D eigenvalue weighted by molar-refractivity contribution is 6.29. The van der Waals surface area contributed by atoms with Gasteiger partial charge in [0.05, 0.1) is 11.7 Å². The molecule has 3 aromatic heterocycles. The summed E-state index contributed by atoms with van der Waals surface area (Å²) in [4.78, 5) is 31.5. The molecule has 1 fully saturated rings. The number of hydrogen-bond donors (Lipinski definition) is 1. The van der Waals surface area contributed by atoms with Crippen molar-refractivity contribution in [3.05, 3.63) is 50.4 Å². The summed E-state index contributed by atoms with van der Waals surface area (Å²) in [5, 5.41) is 7.05. The highest BCUT2D eigenvalue weighted by Crippen LogP contribution is 2.32. The zero-order valence-corrected chi connectivity index (χ0v) is 15.9. The fourth-order valence-corrected chi connectivity index (χ4v) is 3.73. The average molecular weight is 390 g/mol. The quantitative estimate of drug-likeness (QED) is 0.739. The number of halogens is 1. The zero-order valence-electron chi connectivity index (χ0n) is 15.2. The Morgan fingerprint density at radius 2 is 2.22 bits per heavy atom. The smallest absolute Gasteiger partial charge is 0.275 e. The second-order valence-corrected chi connectivity index (χ2v) is 7.28. The monoisotopic (exact) mass is 389 g/mol. The van der Waals surface area contributed by atoms with Crippen molar-refractivity contribution in [3.8, 4) is 0 Å². The van der Waals surface area contributed by atoms with E-state index >= 15 is 0 Å². The maximum Gasteiger partial charge on any atom is 0.275 e. The van der Waals surface area contributed by atoms with Crippen LogP contribution in [-0.4, -0.2) is 37.1 Å². The highest BCUT2D eigenvalue weighted by Gasteiger charge is 2.31. The van der Waals surface area contributed by atoms with Gasteiger partial charge >= 0.3 is 0 Å². The van der Waals surface area contributed by atoms with Gasteiger partial charge in [0.25, 0.3) is 5.56 Å². The van der Waals surface area contributed by atoms with E-state index in [1.54, 1.807) is 13.0 Å². The minimum Gasteiger partial charge on any atom is -0.360 e. The molecule has 1 unspecified atom stereocenters. The number of nitrogens with one attached hydrogen (secondary N) is 1. The Morgan fingerprint density at radius 1 is 1.41 bits per heavy atom. The number of aryl methyl sites for hydroxylation is 2. The van der Waals surface area contributed by atoms with Crippen molar-refractivity contribution in [1.29, 1.82) is 0 Å². The van der Waals surface area contributed by atoms with Gasteiger partial charge in [-0.05, 0) is 26.7 Å². The van der Waals surface area contributed by atoms with E-state index in [0.29, 0.717) is 36.4 Å². The van der Waals surface area contributed by atoms with Crippen LogP contribution in [0.1, 0.15) is 48.0 Å². The van der Waals surface area contributed by atoms with Gasteiger partial charge in [-0.3, -0.25) is 14.7 Å². The largest absolute Gasteiger partial charge is 0.360 e. The number of H-pyrrole nitrogens is 1. The molecule has 0 aliphatic carbocycles. The van der Waals surface area contributed by atoms with Gasteiger partial charge in [0, 0.05) is 42.8 Å². The number of amides is 1. The lowest BCUT2D eigenvalue weighted by Gasteiger charge is -2.23. The van der Waals surface area contributed by atoms with Crippen molar-refractivity contribution in [2.24, 2.45) is 0 Å². The van der Waals surface area contributed by atoms with E-state index < -0.39 is 0 Å². The maximum absolute atomic E-state index is 12.7. The van der Waals surface area contributed by atoms with Crippen molar-refractivity contribution in [3.63, 3.8) is 0 Å². The number of rotatable bonds is 4. The summed E-state index contributed by atoms with van der Waals surface area (Å²) in [5.41, 5.74) is 2.63. The van der Waals surface area contributed by atoms with Crippen molar-refractivity contribution < 1.29 is 9.32 Å². The first-order valence-electron chi connectivity index (χ1n) is 8.93. The molecule has 4 rings (SSSR count). The van der Waals surface area contributed by atoms with Gasteiger partial charge < -0.3 is 9.42 Å². The molecule has 0 aromatic carbocycles. The number of nitrogens with zero attached hydrogens (tertiary/aromatic N) is 4. The van der Waals surface area contributed by atoms with Crippen LogP contribution in [0.2, 0.25) is 5.15 Å². The molecule has 9 heteroatoms. The van der Waals surface area contributed by atoms with Crippen LogP contribution in [0.3, 0.4) is 0 Å². The van der Waals surface area contributed by atoms with Gasteiger partial charge in [0.15, 0.2) is 10.8 Å². The fraction of sp³-hybridized carbons (Fsp3) is 0.444. The van der Waals surface area contributed by atoms with Gasteiger partial charge in [0.2, 0.25) is 5.91 Å². The van der Waals surface area contributed by atoms with Crippen LogP contribution in [0.15, 0.2) is 21.5 Å². The normalized spacial score (nSPS) is 17.1. The Hall–Kier alpha value is -2.61. The fourth-order valence-electron chi connectivity index (χ4n) is 3.58. The molecule has 0 bridgehead atoms. The zero-order chi connectivity index (χ0) is 19.1. The van der Waals surface area contributed by atoms with Gasteiger partial charge in [-0.1, -0.05) is 16.8 Å². The molecule has 3 aromatic rings. The molecule has 1 amide bonds. The van der Waals surface area contributed by atoms with E-state index in [9.17, 15) is 9.59 Å². The van der Waals surface area contributed by atoms with E-state index in [0.717, 1.165) is 24.2 Å². The van der Waals surface area contributed by atoms with E-state index in [2.05, 4.69) is 15.2 Å². The molecule has 0 radical (unpaired) electrons. The number of aromatic amines is 1. The molecular formula is C18H20ClN5O3. The first kappa shape index (κ1) is 17.8. The van der Waals surface area contributed by atoms with Gasteiger partial charge in [-0.15, -0.1) is 0 Å². The summed E-state index contributed by atoms with van der Waals surface area (Å²) in [6.07, 6.45) is 2.53. The van der Waals surface area contributed by atoms with Crippen LogP contribution >= 0.6 is 11.6 Å². The molecular weight excluding hydrogens is 370 g/mol. The minimum absolute atomic E-state index is 0.0383. The lowest BCUT2D eigenvalue weighted by Crippen LogP contribution is -2.31. The predicted octanol–water partition coefficient (Wildman–Crippen LogP) is 2.58. The van der Waals surface area contributed by atoms with E-state index in [4.69, 9.17) is 16.1 Å². The molecule has 142 valence electrons. The number of carbonyl (C=O) groups is 1. The van der Waals surface area contributed by atoms with E-state index in [-0.39, 0.29) is 22.7 Å². The third-order valence-corrected chi connectivity index (χ3v) is 5.33. The standard InChI is InChI=1S/C18H20ClN5O3/c1-10-11(2)20-16-9-13(21-24(16)18(10)26)14-4-3-7-23(14)17(25)6-5-12-8-15(19)22-27-12/h8-9,14,21H,3-7H2,1-2H3. The van der Waals surface area contributed by atoms with Gasteiger partial charge in [-0.25, -0.2) is 9.50 Å². The van der Waals surface area contributed by atoms with Crippen molar-refractivity contribution >= 4 is 23.2 Å². The minimum atomic E-state index is -0.109. The Bertz CT molecular complexity index is 1070. The summed E-state index contributed by atoms with van der Waals surface area (Å²) in [7, 11) is 0. The molecule has 1 atom stereocenters. The molecule has 1 saturated heterocycles. The first-order chi connectivity index (χ1) is 12.9. The SMILES string of the molecule is Cc1nc2cc(C3CCCN3C(=O)CCc3cc(Cl)no3)[nH]n2c(=O)c1C. The molecule has 1 aliphatic heterocycles. The molecule has 0 spiro atoms. The molecule has 8 nitrogen and oxygen atoms in total. The Morgan fingerprint density at radius 3 is 2.96 bits per heavy atom. The molecule has 1 N–H and O–H groups in total. The second kappa shape index (κ2) is 6.84. The molecule has 4 heterocycles.